The highest BCUT2D eigenvalue weighted by Crippen LogP contribution is 2.39. The third kappa shape index (κ3) is 2.31. The second-order valence-electron chi connectivity index (χ2n) is 4.93. The molecule has 2 rings (SSSR count). The fourth-order valence-electron chi connectivity index (χ4n) is 2.21. The number of hydrogen-bond acceptors (Lipinski definition) is 3. The summed E-state index contributed by atoms with van der Waals surface area (Å²) in [4.78, 5) is 12.9. The van der Waals surface area contributed by atoms with E-state index in [1.54, 1.807) is 30.1 Å². The molecular formula is C13H17FN2O2. The van der Waals surface area contributed by atoms with E-state index in [0.29, 0.717) is 5.69 Å². The first-order valence-electron chi connectivity index (χ1n) is 5.93. The van der Waals surface area contributed by atoms with Crippen LogP contribution in [0.15, 0.2) is 24.3 Å². The van der Waals surface area contributed by atoms with Crippen molar-refractivity contribution in [2.45, 2.75) is 18.4 Å². The highest BCUT2D eigenvalue weighted by atomic mass is 19.1. The molecule has 0 aliphatic heterocycles. The van der Waals surface area contributed by atoms with Crippen molar-refractivity contribution >= 4 is 11.7 Å². The Morgan fingerprint density at radius 2 is 2.17 bits per heavy atom. The minimum absolute atomic E-state index is 0.00998. The molecule has 5 heteroatoms. The molecule has 0 bridgehead atoms. The topological polar surface area (TPSA) is 66.6 Å². The lowest BCUT2D eigenvalue weighted by atomic mass is 9.94. The SMILES string of the molecule is CN(CC(N)(C(=O)O)C1CC1)c1ccccc1F. The number of nitrogens with two attached hydrogens (primary N) is 1. The Kier molecular flexibility index (Phi) is 3.26. The van der Waals surface area contributed by atoms with Crippen LogP contribution in [-0.2, 0) is 4.79 Å². The van der Waals surface area contributed by atoms with Crippen LogP contribution in [0.5, 0.6) is 0 Å². The van der Waals surface area contributed by atoms with Crippen molar-refractivity contribution in [2.24, 2.45) is 11.7 Å². The van der Waals surface area contributed by atoms with E-state index in [-0.39, 0.29) is 18.3 Å². The average molecular weight is 252 g/mol. The number of aliphatic carboxylic acids is 1. The molecule has 98 valence electrons. The minimum Gasteiger partial charge on any atom is -0.480 e. The van der Waals surface area contributed by atoms with Crippen molar-refractivity contribution in [3.05, 3.63) is 30.1 Å². The van der Waals surface area contributed by atoms with Gasteiger partial charge in [-0.3, -0.25) is 4.79 Å². The molecule has 0 amide bonds. The third-order valence-corrected chi connectivity index (χ3v) is 3.47. The molecule has 18 heavy (non-hydrogen) atoms. The Balaban J connectivity index is 2.17. The van der Waals surface area contributed by atoms with Crippen molar-refractivity contribution in [1.82, 2.24) is 0 Å². The van der Waals surface area contributed by atoms with Gasteiger partial charge in [0.1, 0.15) is 11.4 Å². The van der Waals surface area contributed by atoms with Gasteiger partial charge in [0.25, 0.3) is 0 Å². The summed E-state index contributed by atoms with van der Waals surface area (Å²) < 4.78 is 13.6. The zero-order valence-corrected chi connectivity index (χ0v) is 10.3. The maximum absolute atomic E-state index is 13.6. The van der Waals surface area contributed by atoms with Crippen LogP contribution < -0.4 is 10.6 Å². The van der Waals surface area contributed by atoms with E-state index >= 15 is 0 Å². The molecule has 1 aliphatic carbocycles. The zero-order chi connectivity index (χ0) is 13.3. The number of carboxylic acid groups (broad SMARTS) is 1. The molecule has 0 heterocycles. The number of carboxylic acids is 1. The minimum atomic E-state index is -1.29. The standard InChI is InChI=1S/C13H17FN2O2/c1-16(11-5-3-2-4-10(11)14)8-13(15,12(17)18)9-6-7-9/h2-5,9H,6-8,15H2,1H3,(H,17,18). The van der Waals surface area contributed by atoms with Gasteiger partial charge in [0, 0.05) is 13.6 Å². The van der Waals surface area contributed by atoms with Gasteiger partial charge in [0.05, 0.1) is 5.69 Å². The van der Waals surface area contributed by atoms with E-state index in [2.05, 4.69) is 0 Å². The van der Waals surface area contributed by atoms with Crippen LogP contribution in [0.2, 0.25) is 0 Å². The van der Waals surface area contributed by atoms with Gasteiger partial charge in [-0.15, -0.1) is 0 Å². The Morgan fingerprint density at radius 1 is 1.56 bits per heavy atom. The lowest BCUT2D eigenvalue weighted by molar-refractivity contribution is -0.143. The largest absolute Gasteiger partial charge is 0.480 e. The maximum atomic E-state index is 13.6. The molecule has 0 saturated heterocycles. The molecule has 1 unspecified atom stereocenters. The smallest absolute Gasteiger partial charge is 0.325 e. The van der Waals surface area contributed by atoms with Crippen LogP contribution >= 0.6 is 0 Å². The second-order valence-corrected chi connectivity index (χ2v) is 4.93. The summed E-state index contributed by atoms with van der Waals surface area (Å²) in [5.74, 6) is -1.40. The fraction of sp³-hybridized carbons (Fsp3) is 0.462. The Hall–Kier alpha value is -1.62. The quantitative estimate of drug-likeness (QED) is 0.832. The molecule has 1 fully saturated rings. The van der Waals surface area contributed by atoms with Crippen LogP contribution in [0.3, 0.4) is 0 Å². The number of hydrogen-bond donors (Lipinski definition) is 2. The molecule has 0 radical (unpaired) electrons. The van der Waals surface area contributed by atoms with Crippen molar-refractivity contribution in [3.8, 4) is 0 Å². The molecule has 1 atom stereocenters. The number of anilines is 1. The Morgan fingerprint density at radius 3 is 2.67 bits per heavy atom. The summed E-state index contributed by atoms with van der Waals surface area (Å²) in [5.41, 5.74) is 5.05. The average Bonchev–Trinajstić information content (AvgIpc) is 3.13. The monoisotopic (exact) mass is 252 g/mol. The molecule has 1 aliphatic rings. The van der Waals surface area contributed by atoms with Crippen molar-refractivity contribution in [3.63, 3.8) is 0 Å². The predicted octanol–water partition coefficient (Wildman–Crippen LogP) is 1.45. The third-order valence-electron chi connectivity index (χ3n) is 3.47. The Labute approximate surface area is 105 Å². The second kappa shape index (κ2) is 4.57. The van der Waals surface area contributed by atoms with Crippen molar-refractivity contribution in [2.75, 3.05) is 18.5 Å². The van der Waals surface area contributed by atoms with Gasteiger partial charge in [-0.1, -0.05) is 12.1 Å². The van der Waals surface area contributed by atoms with Gasteiger partial charge in [-0.05, 0) is 30.9 Å². The first-order chi connectivity index (χ1) is 8.45. The lowest BCUT2D eigenvalue weighted by Crippen LogP contribution is -2.57. The summed E-state index contributed by atoms with van der Waals surface area (Å²) in [5, 5.41) is 9.26. The maximum Gasteiger partial charge on any atom is 0.325 e. The van der Waals surface area contributed by atoms with Gasteiger partial charge in [0.15, 0.2) is 0 Å². The van der Waals surface area contributed by atoms with Gasteiger partial charge < -0.3 is 15.7 Å². The van der Waals surface area contributed by atoms with Crippen LogP contribution in [-0.4, -0.2) is 30.2 Å². The molecule has 1 aromatic rings. The number of benzene rings is 1. The van der Waals surface area contributed by atoms with Crippen LogP contribution in [0.4, 0.5) is 10.1 Å². The van der Waals surface area contributed by atoms with Crippen LogP contribution in [0.25, 0.3) is 0 Å². The molecule has 0 spiro atoms. The summed E-state index contributed by atoms with van der Waals surface area (Å²) >= 11 is 0. The van der Waals surface area contributed by atoms with Crippen LogP contribution in [0, 0.1) is 11.7 Å². The fourth-order valence-corrected chi connectivity index (χ4v) is 2.21. The first-order valence-corrected chi connectivity index (χ1v) is 5.93. The van der Waals surface area contributed by atoms with E-state index in [1.165, 1.54) is 6.07 Å². The molecular weight excluding hydrogens is 235 g/mol. The van der Waals surface area contributed by atoms with E-state index in [0.717, 1.165) is 12.8 Å². The summed E-state index contributed by atoms with van der Waals surface area (Å²) in [6.45, 7) is 0.105. The van der Waals surface area contributed by atoms with E-state index in [1.807, 2.05) is 0 Å². The highest BCUT2D eigenvalue weighted by Gasteiger charge is 2.49. The number of para-hydroxylation sites is 1. The lowest BCUT2D eigenvalue weighted by Gasteiger charge is -2.31. The molecule has 1 saturated carbocycles. The molecule has 4 nitrogen and oxygen atoms in total. The zero-order valence-electron chi connectivity index (χ0n) is 10.3. The number of carbonyl (C=O) groups is 1. The summed E-state index contributed by atoms with van der Waals surface area (Å²) in [6, 6.07) is 6.28. The number of rotatable bonds is 5. The Bertz CT molecular complexity index is 462. The van der Waals surface area contributed by atoms with Gasteiger partial charge in [0.2, 0.25) is 0 Å². The van der Waals surface area contributed by atoms with Gasteiger partial charge >= 0.3 is 5.97 Å². The first kappa shape index (κ1) is 12.8. The van der Waals surface area contributed by atoms with Gasteiger partial charge in [-0.25, -0.2) is 4.39 Å². The number of likely N-dealkylation sites (N-methyl/N-ethyl adjacent to an activating group) is 1. The predicted molar refractivity (Wildman–Crippen MR) is 66.9 cm³/mol. The molecule has 1 aromatic carbocycles. The molecule has 0 aromatic heterocycles. The van der Waals surface area contributed by atoms with Gasteiger partial charge in [-0.2, -0.15) is 0 Å². The van der Waals surface area contributed by atoms with Crippen molar-refractivity contribution in [1.29, 1.82) is 0 Å². The summed E-state index contributed by atoms with van der Waals surface area (Å²) in [6.07, 6.45) is 1.65. The molecule has 3 N–H and O–H groups in total. The summed E-state index contributed by atoms with van der Waals surface area (Å²) in [7, 11) is 1.66. The van der Waals surface area contributed by atoms with Crippen molar-refractivity contribution < 1.29 is 14.3 Å². The highest BCUT2D eigenvalue weighted by molar-refractivity contribution is 5.80. The van der Waals surface area contributed by atoms with E-state index in [4.69, 9.17) is 5.73 Å². The van der Waals surface area contributed by atoms with E-state index in [9.17, 15) is 14.3 Å². The van der Waals surface area contributed by atoms with Crippen LogP contribution in [0.1, 0.15) is 12.8 Å². The number of halogens is 1. The van der Waals surface area contributed by atoms with E-state index < -0.39 is 11.5 Å². The number of nitrogens with zero attached hydrogens (tertiary/aromatic N) is 1. The normalized spacial score (nSPS) is 18.2.